The van der Waals surface area contributed by atoms with Gasteiger partial charge in [0.05, 0.1) is 13.2 Å². The predicted octanol–water partition coefficient (Wildman–Crippen LogP) is 3.87. The zero-order valence-corrected chi connectivity index (χ0v) is 14.5. The van der Waals surface area contributed by atoms with Gasteiger partial charge in [0, 0.05) is 19.0 Å². The number of rotatable bonds is 6. The topological polar surface area (TPSA) is 60.7 Å². The third-order valence-corrected chi connectivity index (χ3v) is 4.22. The summed E-state index contributed by atoms with van der Waals surface area (Å²) in [5.74, 6) is 0.569. The first-order valence-corrected chi connectivity index (χ1v) is 8.07. The van der Waals surface area contributed by atoms with Gasteiger partial charge in [-0.3, -0.25) is 4.79 Å². The number of carbonyl (C=O) groups excluding carboxylic acids is 1. The van der Waals surface area contributed by atoms with Gasteiger partial charge in [-0.15, -0.1) is 0 Å². The van der Waals surface area contributed by atoms with Gasteiger partial charge in [-0.2, -0.15) is 0 Å². The number of aryl methyl sites for hydroxylation is 1. The van der Waals surface area contributed by atoms with Crippen LogP contribution in [0.3, 0.4) is 0 Å². The molecule has 0 bridgehead atoms. The fourth-order valence-corrected chi connectivity index (χ4v) is 2.85. The van der Waals surface area contributed by atoms with Crippen molar-refractivity contribution >= 4 is 16.9 Å². The average Bonchev–Trinajstić information content (AvgIpc) is 3.07. The van der Waals surface area contributed by atoms with Crippen LogP contribution in [0.5, 0.6) is 5.75 Å². The van der Waals surface area contributed by atoms with E-state index in [1.54, 1.807) is 26.4 Å². The molecule has 0 unspecified atom stereocenters. The first kappa shape index (κ1) is 17.0. The third kappa shape index (κ3) is 3.51. The number of amides is 1. The molecule has 0 spiro atoms. The molecule has 130 valence electrons. The lowest BCUT2D eigenvalue weighted by atomic mass is 10.0. The van der Waals surface area contributed by atoms with Crippen LogP contribution in [-0.2, 0) is 4.74 Å². The van der Waals surface area contributed by atoms with Crippen LogP contribution in [0, 0.1) is 6.92 Å². The van der Waals surface area contributed by atoms with Crippen molar-refractivity contribution in [2.45, 2.75) is 13.0 Å². The molecule has 1 atom stereocenters. The highest BCUT2D eigenvalue weighted by atomic mass is 16.5. The molecule has 2 aromatic carbocycles. The smallest absolute Gasteiger partial charge is 0.287 e. The number of nitrogens with one attached hydrogen (secondary N) is 1. The molecule has 3 rings (SSSR count). The summed E-state index contributed by atoms with van der Waals surface area (Å²) in [5, 5.41) is 3.70. The highest BCUT2D eigenvalue weighted by molar-refractivity contribution is 5.97. The van der Waals surface area contributed by atoms with Gasteiger partial charge in [0.25, 0.3) is 5.91 Å². The fourth-order valence-electron chi connectivity index (χ4n) is 2.85. The van der Waals surface area contributed by atoms with Gasteiger partial charge in [-0.25, -0.2) is 0 Å². The Hall–Kier alpha value is -2.79. The van der Waals surface area contributed by atoms with E-state index >= 15 is 0 Å². The van der Waals surface area contributed by atoms with Gasteiger partial charge in [-0.05, 0) is 30.2 Å². The minimum atomic E-state index is -0.283. The first-order valence-electron chi connectivity index (χ1n) is 8.07. The molecule has 0 fully saturated rings. The van der Waals surface area contributed by atoms with Crippen LogP contribution in [0.1, 0.15) is 27.8 Å². The molecular formula is C20H21NO4. The van der Waals surface area contributed by atoms with E-state index in [2.05, 4.69) is 5.32 Å². The van der Waals surface area contributed by atoms with Gasteiger partial charge in [-0.1, -0.05) is 36.4 Å². The van der Waals surface area contributed by atoms with Crippen molar-refractivity contribution in [2.75, 3.05) is 20.8 Å². The monoisotopic (exact) mass is 339 g/mol. The number of para-hydroxylation sites is 1. The SMILES string of the molecule is COc1cccc2cc(C(=O)NC[C@@H](OC)c3ccccc3C)oc12. The third-order valence-electron chi connectivity index (χ3n) is 4.22. The zero-order valence-electron chi connectivity index (χ0n) is 14.5. The van der Waals surface area contributed by atoms with Gasteiger partial charge >= 0.3 is 0 Å². The lowest BCUT2D eigenvalue weighted by Gasteiger charge is -2.18. The molecule has 3 aromatic rings. The molecule has 1 amide bonds. The zero-order chi connectivity index (χ0) is 17.8. The second-order valence-electron chi connectivity index (χ2n) is 5.78. The van der Waals surface area contributed by atoms with Gasteiger partial charge < -0.3 is 19.2 Å². The quantitative estimate of drug-likeness (QED) is 0.741. The highest BCUT2D eigenvalue weighted by Crippen LogP contribution is 2.28. The number of carbonyl (C=O) groups is 1. The predicted molar refractivity (Wildman–Crippen MR) is 96.0 cm³/mol. The Morgan fingerprint density at radius 3 is 2.68 bits per heavy atom. The normalized spacial score (nSPS) is 12.1. The molecule has 25 heavy (non-hydrogen) atoms. The molecule has 0 aliphatic heterocycles. The molecule has 5 heteroatoms. The van der Waals surface area contributed by atoms with Crippen LogP contribution in [0.25, 0.3) is 11.0 Å². The Kier molecular flexibility index (Phi) is 5.05. The second kappa shape index (κ2) is 7.40. The Balaban J connectivity index is 1.75. The summed E-state index contributed by atoms with van der Waals surface area (Å²) in [6, 6.07) is 15.2. The van der Waals surface area contributed by atoms with Crippen LogP contribution >= 0.6 is 0 Å². The Morgan fingerprint density at radius 2 is 1.96 bits per heavy atom. The summed E-state index contributed by atoms with van der Waals surface area (Å²) in [4.78, 5) is 12.4. The van der Waals surface area contributed by atoms with E-state index in [-0.39, 0.29) is 17.8 Å². The molecular weight excluding hydrogens is 318 g/mol. The van der Waals surface area contributed by atoms with E-state index in [1.807, 2.05) is 43.3 Å². The molecule has 0 aliphatic carbocycles. The van der Waals surface area contributed by atoms with E-state index in [4.69, 9.17) is 13.9 Å². The number of hydrogen-bond acceptors (Lipinski definition) is 4. The van der Waals surface area contributed by atoms with Crippen molar-refractivity contribution in [3.63, 3.8) is 0 Å². The van der Waals surface area contributed by atoms with Gasteiger partial charge in [0.1, 0.15) is 0 Å². The number of ether oxygens (including phenoxy) is 2. The molecule has 0 saturated carbocycles. The van der Waals surface area contributed by atoms with Gasteiger partial charge in [0.2, 0.25) is 0 Å². The average molecular weight is 339 g/mol. The largest absolute Gasteiger partial charge is 0.493 e. The standard InChI is InChI=1S/C20H21NO4/c1-13-7-4-5-9-15(13)18(24-3)12-21-20(22)17-11-14-8-6-10-16(23-2)19(14)25-17/h4-11,18H,12H2,1-3H3,(H,21,22)/t18-/m1/s1. The first-order chi connectivity index (χ1) is 12.1. The van der Waals surface area contributed by atoms with E-state index in [0.717, 1.165) is 16.5 Å². The van der Waals surface area contributed by atoms with Crippen LogP contribution in [0.15, 0.2) is 52.9 Å². The number of furan rings is 1. The van der Waals surface area contributed by atoms with Crippen LogP contribution in [-0.4, -0.2) is 26.7 Å². The van der Waals surface area contributed by atoms with Crippen LogP contribution < -0.4 is 10.1 Å². The minimum Gasteiger partial charge on any atom is -0.493 e. The maximum absolute atomic E-state index is 12.4. The summed E-state index contributed by atoms with van der Waals surface area (Å²) in [6.07, 6.45) is -0.218. The molecule has 0 aliphatic rings. The van der Waals surface area contributed by atoms with Crippen molar-refractivity contribution in [1.82, 2.24) is 5.32 Å². The lowest BCUT2D eigenvalue weighted by molar-refractivity contribution is 0.0807. The Bertz CT molecular complexity index is 884. The second-order valence-corrected chi connectivity index (χ2v) is 5.78. The van der Waals surface area contributed by atoms with E-state index < -0.39 is 0 Å². The maximum atomic E-state index is 12.4. The van der Waals surface area contributed by atoms with Crippen molar-refractivity contribution in [3.05, 3.63) is 65.4 Å². The minimum absolute atomic E-state index is 0.218. The van der Waals surface area contributed by atoms with Crippen LogP contribution in [0.2, 0.25) is 0 Å². The van der Waals surface area contributed by atoms with E-state index in [1.165, 1.54) is 0 Å². The summed E-state index contributed by atoms with van der Waals surface area (Å²) >= 11 is 0. The molecule has 1 N–H and O–H groups in total. The van der Waals surface area contributed by atoms with Crippen molar-refractivity contribution in [1.29, 1.82) is 0 Å². The lowest BCUT2D eigenvalue weighted by Crippen LogP contribution is -2.29. The summed E-state index contributed by atoms with van der Waals surface area (Å²) in [7, 11) is 3.21. The van der Waals surface area contributed by atoms with Crippen LogP contribution in [0.4, 0.5) is 0 Å². The highest BCUT2D eigenvalue weighted by Gasteiger charge is 2.18. The molecule has 0 radical (unpaired) electrons. The Morgan fingerprint density at radius 1 is 1.16 bits per heavy atom. The van der Waals surface area contributed by atoms with E-state index in [9.17, 15) is 4.79 Å². The fraction of sp³-hybridized carbons (Fsp3) is 0.250. The molecule has 1 aromatic heterocycles. The molecule has 1 heterocycles. The summed E-state index contributed by atoms with van der Waals surface area (Å²) in [6.45, 7) is 2.38. The van der Waals surface area contributed by atoms with E-state index in [0.29, 0.717) is 17.9 Å². The number of methoxy groups -OCH3 is 2. The number of fused-ring (bicyclic) bond motifs is 1. The Labute approximate surface area is 146 Å². The van der Waals surface area contributed by atoms with Crippen molar-refractivity contribution in [2.24, 2.45) is 0 Å². The summed E-state index contributed by atoms with van der Waals surface area (Å²) in [5.41, 5.74) is 2.74. The van der Waals surface area contributed by atoms with Crippen molar-refractivity contribution in [3.8, 4) is 5.75 Å². The number of hydrogen-bond donors (Lipinski definition) is 1. The van der Waals surface area contributed by atoms with Gasteiger partial charge in [0.15, 0.2) is 17.1 Å². The molecule has 0 saturated heterocycles. The molecule has 5 nitrogen and oxygen atoms in total. The summed E-state index contributed by atoms with van der Waals surface area (Å²) < 4.78 is 16.5. The van der Waals surface area contributed by atoms with Crippen molar-refractivity contribution < 1.29 is 18.7 Å². The number of benzene rings is 2. The maximum Gasteiger partial charge on any atom is 0.287 e.